The number of carbonyl (C=O) groups excluding carboxylic acids is 2. The summed E-state index contributed by atoms with van der Waals surface area (Å²) >= 11 is 3.03. The molecule has 1 amide bonds. The molecule has 0 unspecified atom stereocenters. The molecule has 0 fully saturated rings. The van der Waals surface area contributed by atoms with Crippen LogP contribution in [0.5, 0.6) is 0 Å². The van der Waals surface area contributed by atoms with Gasteiger partial charge in [0.2, 0.25) is 5.91 Å². The molecule has 0 saturated carbocycles. The Morgan fingerprint density at radius 2 is 1.81 bits per heavy atom. The Hall–Kier alpha value is -2.31. The molecule has 0 atom stereocenters. The quantitative estimate of drug-likeness (QED) is 0.449. The van der Waals surface area contributed by atoms with Gasteiger partial charge >= 0.3 is 5.97 Å². The van der Waals surface area contributed by atoms with Crippen LogP contribution >= 0.6 is 23.1 Å². The van der Waals surface area contributed by atoms with E-state index in [0.29, 0.717) is 29.3 Å². The van der Waals surface area contributed by atoms with Crippen molar-refractivity contribution in [3.05, 3.63) is 60.2 Å². The number of anilines is 1. The highest BCUT2D eigenvalue weighted by molar-refractivity contribution is 7.99. The Labute approximate surface area is 160 Å². The molecule has 3 aromatic rings. The number of hydrogen-bond donors (Lipinski definition) is 1. The van der Waals surface area contributed by atoms with Crippen molar-refractivity contribution in [1.82, 2.24) is 0 Å². The fraction of sp³-hybridized carbons (Fsp3) is 0.200. The van der Waals surface area contributed by atoms with Crippen LogP contribution in [-0.2, 0) is 9.53 Å². The third-order valence-electron chi connectivity index (χ3n) is 3.67. The van der Waals surface area contributed by atoms with Gasteiger partial charge in [0.05, 0.1) is 6.61 Å². The van der Waals surface area contributed by atoms with E-state index in [0.717, 1.165) is 15.0 Å². The fourth-order valence-electron chi connectivity index (χ4n) is 2.51. The SMILES string of the molecule is CCOC(=O)c1c(NC(=O)CCSc2ccccc2)sc2ccccc12. The van der Waals surface area contributed by atoms with E-state index in [-0.39, 0.29) is 5.91 Å². The zero-order chi connectivity index (χ0) is 18.4. The fourth-order valence-corrected chi connectivity index (χ4v) is 4.49. The number of esters is 1. The van der Waals surface area contributed by atoms with Gasteiger partial charge in [-0.25, -0.2) is 4.79 Å². The molecule has 0 bridgehead atoms. The zero-order valence-electron chi connectivity index (χ0n) is 14.4. The second-order valence-electron chi connectivity index (χ2n) is 5.48. The van der Waals surface area contributed by atoms with Gasteiger partial charge in [-0.15, -0.1) is 23.1 Å². The number of ether oxygens (including phenoxy) is 1. The molecule has 26 heavy (non-hydrogen) atoms. The first-order chi connectivity index (χ1) is 12.7. The number of fused-ring (bicyclic) bond motifs is 1. The van der Waals surface area contributed by atoms with Gasteiger partial charge in [-0.3, -0.25) is 4.79 Å². The Balaban J connectivity index is 1.70. The number of benzene rings is 2. The molecule has 134 valence electrons. The van der Waals surface area contributed by atoms with Gasteiger partial charge in [-0.2, -0.15) is 0 Å². The minimum absolute atomic E-state index is 0.106. The minimum atomic E-state index is -0.404. The molecule has 2 aromatic carbocycles. The van der Waals surface area contributed by atoms with E-state index >= 15 is 0 Å². The highest BCUT2D eigenvalue weighted by atomic mass is 32.2. The lowest BCUT2D eigenvalue weighted by Crippen LogP contribution is -2.14. The highest BCUT2D eigenvalue weighted by Gasteiger charge is 2.21. The normalized spacial score (nSPS) is 10.7. The standard InChI is InChI=1S/C20H19NO3S2/c1-2-24-20(23)18-15-10-6-7-11-16(15)26-19(18)21-17(22)12-13-25-14-8-4-3-5-9-14/h3-11H,2,12-13H2,1H3,(H,21,22). The molecule has 1 aromatic heterocycles. The van der Waals surface area contributed by atoms with Crippen LogP contribution in [-0.4, -0.2) is 24.2 Å². The monoisotopic (exact) mass is 385 g/mol. The van der Waals surface area contributed by atoms with E-state index in [9.17, 15) is 9.59 Å². The summed E-state index contributed by atoms with van der Waals surface area (Å²) in [5.74, 6) is 0.166. The van der Waals surface area contributed by atoms with Crippen LogP contribution in [0.2, 0.25) is 0 Å². The first-order valence-corrected chi connectivity index (χ1v) is 10.2. The van der Waals surface area contributed by atoms with E-state index < -0.39 is 5.97 Å². The number of nitrogens with one attached hydrogen (secondary N) is 1. The molecule has 4 nitrogen and oxygen atoms in total. The number of rotatable bonds is 7. The van der Waals surface area contributed by atoms with Crippen molar-refractivity contribution in [1.29, 1.82) is 0 Å². The van der Waals surface area contributed by atoms with Gasteiger partial charge in [0.25, 0.3) is 0 Å². The predicted molar refractivity (Wildman–Crippen MR) is 108 cm³/mol. The Morgan fingerprint density at radius 1 is 1.08 bits per heavy atom. The van der Waals surface area contributed by atoms with Crippen LogP contribution in [0.3, 0.4) is 0 Å². The van der Waals surface area contributed by atoms with Gasteiger partial charge in [-0.1, -0.05) is 36.4 Å². The number of carbonyl (C=O) groups is 2. The molecule has 0 saturated heterocycles. The summed E-state index contributed by atoms with van der Waals surface area (Å²) in [5.41, 5.74) is 0.441. The van der Waals surface area contributed by atoms with E-state index in [1.807, 2.05) is 54.6 Å². The maximum atomic E-state index is 12.4. The molecule has 6 heteroatoms. The van der Waals surface area contributed by atoms with Crippen molar-refractivity contribution in [3.63, 3.8) is 0 Å². The van der Waals surface area contributed by atoms with Crippen molar-refractivity contribution in [2.45, 2.75) is 18.2 Å². The number of thioether (sulfide) groups is 1. The van der Waals surface area contributed by atoms with Gasteiger partial charge < -0.3 is 10.1 Å². The highest BCUT2D eigenvalue weighted by Crippen LogP contribution is 2.36. The summed E-state index contributed by atoms with van der Waals surface area (Å²) in [6.07, 6.45) is 0.371. The molecule has 1 heterocycles. The lowest BCUT2D eigenvalue weighted by molar-refractivity contribution is -0.115. The molecule has 0 aliphatic carbocycles. The lowest BCUT2D eigenvalue weighted by atomic mass is 10.1. The first-order valence-electron chi connectivity index (χ1n) is 8.35. The topological polar surface area (TPSA) is 55.4 Å². The van der Waals surface area contributed by atoms with Crippen molar-refractivity contribution < 1.29 is 14.3 Å². The van der Waals surface area contributed by atoms with Crippen LogP contribution in [0.1, 0.15) is 23.7 Å². The third-order valence-corrected chi connectivity index (χ3v) is 5.77. The molecule has 0 aliphatic heterocycles. The maximum Gasteiger partial charge on any atom is 0.341 e. The van der Waals surface area contributed by atoms with Crippen molar-refractivity contribution in [2.24, 2.45) is 0 Å². The molecule has 0 aliphatic rings. The summed E-state index contributed by atoms with van der Waals surface area (Å²) in [6.45, 7) is 2.07. The second-order valence-corrected chi connectivity index (χ2v) is 7.70. The van der Waals surface area contributed by atoms with Gasteiger partial charge in [0.15, 0.2) is 0 Å². The summed E-state index contributed by atoms with van der Waals surface area (Å²) in [7, 11) is 0. The summed E-state index contributed by atoms with van der Waals surface area (Å²) in [5, 5.41) is 4.26. The van der Waals surface area contributed by atoms with Crippen LogP contribution in [0.4, 0.5) is 5.00 Å². The van der Waals surface area contributed by atoms with E-state index in [1.54, 1.807) is 18.7 Å². The minimum Gasteiger partial charge on any atom is -0.462 e. The van der Waals surface area contributed by atoms with Crippen LogP contribution < -0.4 is 5.32 Å². The summed E-state index contributed by atoms with van der Waals surface area (Å²) in [6, 6.07) is 17.6. The largest absolute Gasteiger partial charge is 0.462 e. The van der Waals surface area contributed by atoms with Crippen LogP contribution in [0, 0.1) is 0 Å². The summed E-state index contributed by atoms with van der Waals surface area (Å²) < 4.78 is 6.12. The molecule has 0 spiro atoms. The second kappa shape index (κ2) is 8.87. The van der Waals surface area contributed by atoms with Crippen molar-refractivity contribution in [3.8, 4) is 0 Å². The van der Waals surface area contributed by atoms with Crippen molar-refractivity contribution >= 4 is 50.1 Å². The Bertz CT molecular complexity index is 906. The Morgan fingerprint density at radius 3 is 2.58 bits per heavy atom. The van der Waals surface area contributed by atoms with Gasteiger partial charge in [-0.05, 0) is 25.1 Å². The van der Waals surface area contributed by atoms with Gasteiger partial charge in [0.1, 0.15) is 10.6 Å². The maximum absolute atomic E-state index is 12.4. The van der Waals surface area contributed by atoms with Crippen LogP contribution in [0.15, 0.2) is 59.5 Å². The Kier molecular flexibility index (Phi) is 6.30. The average Bonchev–Trinajstić information content (AvgIpc) is 3.00. The number of amides is 1. The molecular weight excluding hydrogens is 366 g/mol. The smallest absolute Gasteiger partial charge is 0.341 e. The number of thiophene rings is 1. The lowest BCUT2D eigenvalue weighted by Gasteiger charge is -2.07. The van der Waals surface area contributed by atoms with Crippen molar-refractivity contribution in [2.75, 3.05) is 17.7 Å². The zero-order valence-corrected chi connectivity index (χ0v) is 16.0. The predicted octanol–water partition coefficient (Wildman–Crippen LogP) is 5.20. The van der Waals surface area contributed by atoms with E-state index in [2.05, 4.69) is 5.32 Å². The molecule has 3 rings (SSSR count). The van der Waals surface area contributed by atoms with Crippen LogP contribution in [0.25, 0.3) is 10.1 Å². The van der Waals surface area contributed by atoms with E-state index in [1.165, 1.54) is 11.3 Å². The third kappa shape index (κ3) is 4.45. The molecule has 1 N–H and O–H groups in total. The number of hydrogen-bond acceptors (Lipinski definition) is 5. The summed E-state index contributed by atoms with van der Waals surface area (Å²) in [4.78, 5) is 25.8. The van der Waals surface area contributed by atoms with E-state index in [4.69, 9.17) is 4.74 Å². The van der Waals surface area contributed by atoms with Gasteiger partial charge in [0, 0.05) is 27.2 Å². The molecular formula is C20H19NO3S2. The first kappa shape index (κ1) is 18.5. The molecule has 0 radical (unpaired) electrons. The average molecular weight is 386 g/mol.